The molecule has 0 bridgehead atoms. The van der Waals surface area contributed by atoms with Crippen LogP contribution in [0.4, 0.5) is 5.69 Å². The Morgan fingerprint density at radius 2 is 1.90 bits per heavy atom. The van der Waals surface area contributed by atoms with E-state index in [0.717, 1.165) is 18.8 Å². The number of phenols is 1. The van der Waals surface area contributed by atoms with Crippen LogP contribution in [-0.4, -0.2) is 31.1 Å². The van der Waals surface area contributed by atoms with Crippen molar-refractivity contribution in [2.45, 2.75) is 13.8 Å². The second kappa shape index (κ2) is 8.65. The highest BCUT2D eigenvalue weighted by molar-refractivity contribution is 6.07. The third-order valence-corrected chi connectivity index (χ3v) is 4.74. The van der Waals surface area contributed by atoms with Gasteiger partial charge in [0.1, 0.15) is 11.1 Å². The molecule has 29 heavy (non-hydrogen) atoms. The van der Waals surface area contributed by atoms with E-state index in [0.29, 0.717) is 22.3 Å². The Balaban J connectivity index is 1.91. The summed E-state index contributed by atoms with van der Waals surface area (Å²) in [6.45, 7) is 5.80. The molecule has 1 heterocycles. The molecule has 0 fully saturated rings. The van der Waals surface area contributed by atoms with Crippen molar-refractivity contribution >= 4 is 28.5 Å². The van der Waals surface area contributed by atoms with Crippen molar-refractivity contribution in [3.05, 3.63) is 70.1 Å². The van der Waals surface area contributed by atoms with Crippen LogP contribution in [0.3, 0.4) is 0 Å². The molecule has 0 aliphatic heterocycles. The fourth-order valence-corrected chi connectivity index (χ4v) is 3.12. The lowest BCUT2D eigenvalue weighted by atomic mass is 10.1. The van der Waals surface area contributed by atoms with Crippen molar-refractivity contribution in [2.24, 2.45) is 0 Å². The first-order valence-electron chi connectivity index (χ1n) is 9.39. The molecule has 2 aromatic carbocycles. The zero-order valence-electron chi connectivity index (χ0n) is 16.6. The molecule has 0 saturated heterocycles. The van der Waals surface area contributed by atoms with E-state index in [1.807, 2.05) is 18.2 Å². The molecule has 0 atom stereocenters. The van der Waals surface area contributed by atoms with E-state index in [4.69, 9.17) is 9.15 Å². The van der Waals surface area contributed by atoms with Gasteiger partial charge in [-0.1, -0.05) is 12.1 Å². The Morgan fingerprint density at radius 1 is 1.14 bits per heavy atom. The van der Waals surface area contributed by atoms with Crippen LogP contribution in [0.2, 0.25) is 0 Å². The number of nitrogens with zero attached hydrogens (tertiary/aromatic N) is 1. The predicted octanol–water partition coefficient (Wildman–Crippen LogP) is 4.25. The number of aromatic hydroxyl groups is 1. The molecular formula is C23H23NO5. The summed E-state index contributed by atoms with van der Waals surface area (Å²) in [4.78, 5) is 27.0. The summed E-state index contributed by atoms with van der Waals surface area (Å²) < 4.78 is 10.5. The molecule has 3 aromatic rings. The van der Waals surface area contributed by atoms with Gasteiger partial charge in [0.2, 0.25) is 0 Å². The average Bonchev–Trinajstić information content (AvgIpc) is 2.73. The fraction of sp³-hybridized carbons (Fsp3) is 0.217. The van der Waals surface area contributed by atoms with Gasteiger partial charge < -0.3 is 19.2 Å². The summed E-state index contributed by atoms with van der Waals surface area (Å²) in [6, 6.07) is 11.9. The standard InChI is InChI=1S/C23H23NO5/c1-4-24(5-2)17-9-8-16-13-18(23(27)29-21(16)14-17)19(25)10-6-15-7-11-20(26)22(12-15)28-3/h6-14,26H,4-5H2,1-3H3/b10-6+. The Hall–Kier alpha value is -3.54. The number of anilines is 1. The number of hydrogen-bond acceptors (Lipinski definition) is 6. The van der Waals surface area contributed by atoms with Crippen LogP contribution in [0.5, 0.6) is 11.5 Å². The van der Waals surface area contributed by atoms with Gasteiger partial charge in [-0.25, -0.2) is 4.79 Å². The normalized spacial score (nSPS) is 11.1. The third-order valence-electron chi connectivity index (χ3n) is 4.74. The van der Waals surface area contributed by atoms with Gasteiger partial charge in [-0.2, -0.15) is 0 Å². The van der Waals surface area contributed by atoms with E-state index < -0.39 is 11.4 Å². The number of carbonyl (C=O) groups is 1. The van der Waals surface area contributed by atoms with Crippen molar-refractivity contribution in [3.63, 3.8) is 0 Å². The van der Waals surface area contributed by atoms with Crippen molar-refractivity contribution in [3.8, 4) is 11.5 Å². The molecule has 1 N–H and O–H groups in total. The van der Waals surface area contributed by atoms with E-state index in [2.05, 4.69) is 18.7 Å². The highest BCUT2D eigenvalue weighted by atomic mass is 16.5. The lowest BCUT2D eigenvalue weighted by molar-refractivity contribution is 0.104. The topological polar surface area (TPSA) is 80.0 Å². The molecule has 6 nitrogen and oxygen atoms in total. The van der Waals surface area contributed by atoms with Crippen LogP contribution in [0.25, 0.3) is 17.0 Å². The molecule has 0 radical (unpaired) electrons. The number of rotatable bonds is 7. The van der Waals surface area contributed by atoms with Crippen LogP contribution in [0.1, 0.15) is 29.8 Å². The first kappa shape index (κ1) is 20.2. The maximum Gasteiger partial charge on any atom is 0.347 e. The van der Waals surface area contributed by atoms with Gasteiger partial charge in [0, 0.05) is 30.2 Å². The Labute approximate surface area is 168 Å². The van der Waals surface area contributed by atoms with Crippen molar-refractivity contribution < 1.29 is 19.1 Å². The molecule has 0 aliphatic rings. The number of benzene rings is 2. The van der Waals surface area contributed by atoms with Crippen LogP contribution in [0, 0.1) is 0 Å². The van der Waals surface area contributed by atoms with Gasteiger partial charge in [0.15, 0.2) is 17.3 Å². The van der Waals surface area contributed by atoms with Crippen LogP contribution < -0.4 is 15.3 Å². The lowest BCUT2D eigenvalue weighted by Crippen LogP contribution is -2.21. The number of fused-ring (bicyclic) bond motifs is 1. The van der Waals surface area contributed by atoms with Crippen LogP contribution in [-0.2, 0) is 0 Å². The Morgan fingerprint density at radius 3 is 2.59 bits per heavy atom. The molecule has 0 spiro atoms. The highest BCUT2D eigenvalue weighted by Crippen LogP contribution is 2.27. The first-order valence-corrected chi connectivity index (χ1v) is 9.39. The zero-order valence-corrected chi connectivity index (χ0v) is 16.6. The minimum Gasteiger partial charge on any atom is -0.504 e. The molecule has 0 unspecified atom stereocenters. The summed E-state index contributed by atoms with van der Waals surface area (Å²) in [6.07, 6.45) is 2.85. The minimum atomic E-state index is -0.674. The molecule has 0 saturated carbocycles. The lowest BCUT2D eigenvalue weighted by Gasteiger charge is -2.20. The summed E-state index contributed by atoms with van der Waals surface area (Å²) in [5.74, 6) is -0.149. The Kier molecular flexibility index (Phi) is 6.02. The summed E-state index contributed by atoms with van der Waals surface area (Å²) in [7, 11) is 1.44. The molecule has 6 heteroatoms. The van der Waals surface area contributed by atoms with Gasteiger partial charge in [-0.3, -0.25) is 4.79 Å². The molecule has 0 aliphatic carbocycles. The maximum atomic E-state index is 12.5. The van der Waals surface area contributed by atoms with E-state index in [9.17, 15) is 14.7 Å². The maximum absolute atomic E-state index is 12.5. The average molecular weight is 393 g/mol. The predicted molar refractivity (Wildman–Crippen MR) is 114 cm³/mol. The molecule has 150 valence electrons. The molecule has 1 aromatic heterocycles. The Bertz CT molecular complexity index is 1130. The van der Waals surface area contributed by atoms with Crippen LogP contribution >= 0.6 is 0 Å². The van der Waals surface area contributed by atoms with E-state index in [1.165, 1.54) is 19.3 Å². The molecule has 3 rings (SSSR count). The van der Waals surface area contributed by atoms with Gasteiger partial charge in [0.05, 0.1) is 7.11 Å². The van der Waals surface area contributed by atoms with Crippen LogP contribution in [0.15, 0.2) is 57.8 Å². The highest BCUT2D eigenvalue weighted by Gasteiger charge is 2.13. The summed E-state index contributed by atoms with van der Waals surface area (Å²) >= 11 is 0. The number of phenolic OH excluding ortho intramolecular Hbond substituents is 1. The first-order chi connectivity index (χ1) is 14.0. The monoisotopic (exact) mass is 393 g/mol. The summed E-state index contributed by atoms with van der Waals surface area (Å²) in [5.41, 5.74) is 1.36. The van der Waals surface area contributed by atoms with Crippen molar-refractivity contribution in [2.75, 3.05) is 25.1 Å². The van der Waals surface area contributed by atoms with Gasteiger partial charge in [-0.05, 0) is 55.8 Å². The van der Waals surface area contributed by atoms with Gasteiger partial charge >= 0.3 is 5.63 Å². The second-order valence-corrected chi connectivity index (χ2v) is 6.47. The summed E-state index contributed by atoms with van der Waals surface area (Å²) in [5, 5.41) is 10.3. The fourth-order valence-electron chi connectivity index (χ4n) is 3.12. The third kappa shape index (κ3) is 4.32. The largest absolute Gasteiger partial charge is 0.504 e. The second-order valence-electron chi connectivity index (χ2n) is 6.47. The number of ether oxygens (including phenoxy) is 1. The molecular weight excluding hydrogens is 370 g/mol. The van der Waals surface area contributed by atoms with Gasteiger partial charge in [-0.15, -0.1) is 0 Å². The SMILES string of the molecule is CCN(CC)c1ccc2cc(C(=O)/C=C/c3ccc(O)c(OC)c3)c(=O)oc2c1. The number of allylic oxidation sites excluding steroid dienone is 1. The van der Waals surface area contributed by atoms with E-state index in [-0.39, 0.29) is 11.3 Å². The quantitative estimate of drug-likeness (QED) is 0.367. The number of hydrogen-bond donors (Lipinski definition) is 1. The minimum absolute atomic E-state index is 0.00947. The number of carbonyl (C=O) groups excluding carboxylic acids is 1. The van der Waals surface area contributed by atoms with Crippen molar-refractivity contribution in [1.82, 2.24) is 0 Å². The smallest absolute Gasteiger partial charge is 0.347 e. The van der Waals surface area contributed by atoms with E-state index in [1.54, 1.807) is 24.3 Å². The van der Waals surface area contributed by atoms with Gasteiger partial charge in [0.25, 0.3) is 0 Å². The van der Waals surface area contributed by atoms with Crippen molar-refractivity contribution in [1.29, 1.82) is 0 Å². The van der Waals surface area contributed by atoms with E-state index >= 15 is 0 Å². The zero-order chi connectivity index (χ0) is 21.0. The molecule has 0 amide bonds. The number of ketones is 1. The number of methoxy groups -OCH3 is 1.